The van der Waals surface area contributed by atoms with Crippen molar-refractivity contribution in [1.29, 1.82) is 0 Å². The third-order valence-corrected chi connectivity index (χ3v) is 9.93. The highest BCUT2D eigenvalue weighted by Crippen LogP contribution is 2.45. The molecule has 0 aromatic heterocycles. The van der Waals surface area contributed by atoms with E-state index >= 15 is 0 Å². The maximum atomic E-state index is 14.7. The van der Waals surface area contributed by atoms with Crippen molar-refractivity contribution in [1.82, 2.24) is 9.80 Å². The summed E-state index contributed by atoms with van der Waals surface area (Å²) in [6.45, 7) is 0. The van der Waals surface area contributed by atoms with Gasteiger partial charge in [0, 0.05) is 30.0 Å². The molecular formula is C28H30Br4N8O3. The van der Waals surface area contributed by atoms with Gasteiger partial charge >= 0.3 is 6.03 Å². The third-order valence-electron chi connectivity index (χ3n) is 8.10. The SMILES string of the molecule is NC(N)=NC1CC(N2C(=O)N(C3CC(N=C(N)N)C3)C(=O)C(Cc3cc(Br)cc(Br)c3)(Cc3cc(Br)cc(Br)c3)C2=O)C1. The van der Waals surface area contributed by atoms with Gasteiger partial charge in [-0.2, -0.15) is 0 Å². The van der Waals surface area contributed by atoms with Gasteiger partial charge in [0.1, 0.15) is 5.41 Å². The van der Waals surface area contributed by atoms with Crippen molar-refractivity contribution in [3.05, 3.63) is 65.4 Å². The van der Waals surface area contributed by atoms with Crippen molar-refractivity contribution in [2.45, 2.75) is 62.7 Å². The normalized spacial score (nSPS) is 24.7. The Morgan fingerprint density at radius 3 is 1.28 bits per heavy atom. The number of aliphatic imine (C=N–C) groups is 2. The monoisotopic (exact) mass is 842 g/mol. The van der Waals surface area contributed by atoms with Gasteiger partial charge < -0.3 is 22.9 Å². The fourth-order valence-corrected chi connectivity index (χ4v) is 8.92. The van der Waals surface area contributed by atoms with Gasteiger partial charge in [0.2, 0.25) is 11.8 Å². The second-order valence-electron chi connectivity index (χ2n) is 11.3. The zero-order chi connectivity index (χ0) is 31.2. The van der Waals surface area contributed by atoms with E-state index in [2.05, 4.69) is 73.7 Å². The van der Waals surface area contributed by atoms with Crippen LogP contribution in [0, 0.1) is 5.41 Å². The molecule has 3 fully saturated rings. The second-order valence-corrected chi connectivity index (χ2v) is 15.0. The lowest BCUT2D eigenvalue weighted by Gasteiger charge is -2.53. The molecule has 2 saturated carbocycles. The number of barbiturate groups is 1. The van der Waals surface area contributed by atoms with Crippen LogP contribution in [0.1, 0.15) is 36.8 Å². The number of hydrogen-bond acceptors (Lipinski definition) is 5. The molecule has 0 radical (unpaired) electrons. The summed E-state index contributed by atoms with van der Waals surface area (Å²) < 4.78 is 3.15. The molecule has 2 aliphatic carbocycles. The Morgan fingerprint density at radius 2 is 0.977 bits per heavy atom. The molecule has 8 N–H and O–H groups in total. The van der Waals surface area contributed by atoms with Gasteiger partial charge in [-0.15, -0.1) is 0 Å². The third kappa shape index (κ3) is 6.64. The van der Waals surface area contributed by atoms with E-state index in [-0.39, 0.29) is 36.8 Å². The highest BCUT2D eigenvalue weighted by molar-refractivity contribution is 9.11. The second kappa shape index (κ2) is 12.5. The topological polar surface area (TPSA) is 186 Å². The van der Waals surface area contributed by atoms with E-state index in [9.17, 15) is 14.4 Å². The lowest BCUT2D eigenvalue weighted by molar-refractivity contribution is -0.164. The number of carbonyl (C=O) groups is 3. The lowest BCUT2D eigenvalue weighted by atomic mass is 9.70. The molecule has 5 rings (SSSR count). The molecule has 0 bridgehead atoms. The summed E-state index contributed by atoms with van der Waals surface area (Å²) in [6.07, 6.45) is 1.75. The van der Waals surface area contributed by atoms with E-state index in [1.807, 2.05) is 36.4 Å². The predicted octanol–water partition coefficient (Wildman–Crippen LogP) is 3.91. The van der Waals surface area contributed by atoms with Gasteiger partial charge in [0.25, 0.3) is 0 Å². The van der Waals surface area contributed by atoms with Gasteiger partial charge in [-0.05, 0) is 86.1 Å². The van der Waals surface area contributed by atoms with Gasteiger partial charge in [-0.3, -0.25) is 29.4 Å². The molecule has 15 heteroatoms. The summed E-state index contributed by atoms with van der Waals surface area (Å²) in [5.41, 5.74) is 22.2. The maximum absolute atomic E-state index is 14.7. The summed E-state index contributed by atoms with van der Waals surface area (Å²) in [6, 6.07) is 9.31. The van der Waals surface area contributed by atoms with Crippen LogP contribution in [-0.2, 0) is 22.4 Å². The van der Waals surface area contributed by atoms with Gasteiger partial charge in [0.05, 0.1) is 12.1 Å². The van der Waals surface area contributed by atoms with Crippen LogP contribution in [-0.4, -0.2) is 63.7 Å². The van der Waals surface area contributed by atoms with Crippen molar-refractivity contribution < 1.29 is 14.4 Å². The first kappa shape index (κ1) is 31.9. The molecule has 0 unspecified atom stereocenters. The number of nitrogens with two attached hydrogens (primary N) is 4. The Morgan fingerprint density at radius 1 is 0.651 bits per heavy atom. The molecule has 0 spiro atoms. The maximum Gasteiger partial charge on any atom is 0.333 e. The average molecular weight is 846 g/mol. The number of benzene rings is 2. The van der Waals surface area contributed by atoms with Gasteiger partial charge in [-0.25, -0.2) is 4.79 Å². The number of imide groups is 2. The van der Waals surface area contributed by atoms with Crippen molar-refractivity contribution >= 4 is 93.5 Å². The van der Waals surface area contributed by atoms with Crippen molar-refractivity contribution in [3.63, 3.8) is 0 Å². The van der Waals surface area contributed by atoms with Crippen molar-refractivity contribution in [3.8, 4) is 0 Å². The molecule has 4 amide bonds. The number of nitrogens with zero attached hydrogens (tertiary/aromatic N) is 4. The molecule has 228 valence electrons. The van der Waals surface area contributed by atoms with E-state index < -0.39 is 35.3 Å². The molecule has 1 heterocycles. The minimum absolute atomic E-state index is 0.0494. The van der Waals surface area contributed by atoms with Gasteiger partial charge in [0.15, 0.2) is 11.9 Å². The number of carbonyl (C=O) groups excluding carboxylic acids is 3. The van der Waals surface area contributed by atoms with E-state index in [0.29, 0.717) is 25.7 Å². The first-order valence-corrected chi connectivity index (χ1v) is 16.7. The molecule has 2 aromatic rings. The molecule has 2 aromatic carbocycles. The average Bonchev–Trinajstić information content (AvgIpc) is 2.82. The van der Waals surface area contributed by atoms with E-state index in [1.165, 1.54) is 9.80 Å². The fourth-order valence-electron chi connectivity index (χ4n) is 6.15. The Hall–Kier alpha value is -2.49. The number of urea groups is 1. The summed E-state index contributed by atoms with van der Waals surface area (Å²) in [7, 11) is 0. The number of hydrogen-bond donors (Lipinski definition) is 4. The highest BCUT2D eigenvalue weighted by atomic mass is 79.9. The van der Waals surface area contributed by atoms with Crippen LogP contribution in [0.4, 0.5) is 4.79 Å². The summed E-state index contributed by atoms with van der Waals surface area (Å²) in [5, 5.41) is 0. The molecule has 1 aliphatic heterocycles. The minimum atomic E-state index is -1.61. The van der Waals surface area contributed by atoms with E-state index in [0.717, 1.165) is 29.0 Å². The smallest absolute Gasteiger partial charge is 0.333 e. The molecule has 43 heavy (non-hydrogen) atoms. The largest absolute Gasteiger partial charge is 0.370 e. The van der Waals surface area contributed by atoms with Gasteiger partial charge in [-0.1, -0.05) is 63.7 Å². The zero-order valence-corrected chi connectivity index (χ0v) is 29.2. The van der Waals surface area contributed by atoms with Crippen LogP contribution in [0.25, 0.3) is 0 Å². The van der Waals surface area contributed by atoms with Crippen LogP contribution in [0.2, 0.25) is 0 Å². The van der Waals surface area contributed by atoms with Crippen LogP contribution in [0.3, 0.4) is 0 Å². The first-order chi connectivity index (χ1) is 20.2. The van der Waals surface area contributed by atoms with E-state index in [4.69, 9.17) is 22.9 Å². The van der Waals surface area contributed by atoms with Crippen molar-refractivity contribution in [2.24, 2.45) is 38.3 Å². The zero-order valence-electron chi connectivity index (χ0n) is 22.9. The number of rotatable bonds is 8. The Balaban J connectivity index is 1.61. The van der Waals surface area contributed by atoms with Crippen LogP contribution in [0.5, 0.6) is 0 Å². The molecule has 3 aliphatic rings. The molecule has 1 saturated heterocycles. The molecule has 11 nitrogen and oxygen atoms in total. The van der Waals surface area contributed by atoms with E-state index in [1.54, 1.807) is 0 Å². The first-order valence-electron chi connectivity index (χ1n) is 13.5. The molecular weight excluding hydrogens is 816 g/mol. The standard InChI is InChI=1S/C28H30Br4N8O3/c29-15-1-13(2-16(30)5-15)11-28(12-14-3-17(31)6-18(32)4-14)23(41)39(21-7-19(8-21)37-25(33)34)27(43)40(24(28)42)22-9-20(10-22)38-26(35)36/h1-6,19-22H,7-12H2,(H4,33,34,37)(H4,35,36,38). The Kier molecular flexibility index (Phi) is 9.27. The van der Waals surface area contributed by atoms with Crippen molar-refractivity contribution in [2.75, 3.05) is 0 Å². The summed E-state index contributed by atoms with van der Waals surface area (Å²) in [4.78, 5) is 54.5. The lowest BCUT2D eigenvalue weighted by Crippen LogP contribution is -2.72. The highest BCUT2D eigenvalue weighted by Gasteiger charge is 2.62. The number of amides is 4. The van der Waals surface area contributed by atoms with Crippen LogP contribution in [0.15, 0.2) is 64.3 Å². The Bertz CT molecular complexity index is 1380. The number of halogens is 4. The summed E-state index contributed by atoms with van der Waals surface area (Å²) >= 11 is 14.1. The number of guanidine groups is 2. The Labute approximate surface area is 282 Å². The van der Waals surface area contributed by atoms with Crippen LogP contribution >= 0.6 is 63.7 Å². The summed E-state index contributed by atoms with van der Waals surface area (Å²) in [5.74, 6) is -1.16. The quantitative estimate of drug-likeness (QED) is 0.176. The minimum Gasteiger partial charge on any atom is -0.370 e. The molecule has 0 atom stereocenters. The fraction of sp³-hybridized carbons (Fsp3) is 0.393. The van der Waals surface area contributed by atoms with Crippen LogP contribution < -0.4 is 22.9 Å². The predicted molar refractivity (Wildman–Crippen MR) is 178 cm³/mol.